The molecule has 1 heterocycles. The summed E-state index contributed by atoms with van der Waals surface area (Å²) >= 11 is 0. The molecule has 0 aliphatic heterocycles. The van der Waals surface area contributed by atoms with E-state index in [0.717, 1.165) is 5.56 Å². The first-order valence-corrected chi connectivity index (χ1v) is 8.77. The van der Waals surface area contributed by atoms with Crippen LogP contribution in [0.2, 0.25) is 0 Å². The first-order chi connectivity index (χ1) is 13.6. The molecular weight excluding hydrogens is 354 g/mol. The Balaban J connectivity index is 1.55. The number of rotatable bonds is 7. The summed E-state index contributed by atoms with van der Waals surface area (Å²) in [5.74, 6) is -0.199. The molecule has 0 fully saturated rings. The summed E-state index contributed by atoms with van der Waals surface area (Å²) in [6.45, 7) is 4.58. The minimum Gasteiger partial charge on any atom is -0.334 e. The van der Waals surface area contributed by atoms with E-state index in [9.17, 15) is 9.59 Å². The zero-order chi connectivity index (χ0) is 19.8. The second-order valence-corrected chi connectivity index (χ2v) is 6.06. The number of urea groups is 1. The van der Waals surface area contributed by atoms with E-state index in [1.54, 1.807) is 48.7 Å². The van der Waals surface area contributed by atoms with Crippen molar-refractivity contribution in [3.05, 3.63) is 90.8 Å². The van der Waals surface area contributed by atoms with Crippen LogP contribution >= 0.6 is 0 Å². The summed E-state index contributed by atoms with van der Waals surface area (Å²) in [4.78, 5) is 24.0. The fourth-order valence-electron chi connectivity index (χ4n) is 2.52. The van der Waals surface area contributed by atoms with Gasteiger partial charge < -0.3 is 16.0 Å². The molecule has 3 rings (SSSR count). The Morgan fingerprint density at radius 3 is 2.29 bits per heavy atom. The Hall–Kier alpha value is -3.87. The molecule has 0 spiro atoms. The Morgan fingerprint density at radius 2 is 1.68 bits per heavy atom. The molecule has 0 aliphatic rings. The largest absolute Gasteiger partial charge is 0.334 e. The summed E-state index contributed by atoms with van der Waals surface area (Å²) in [6, 6.07) is 15.8. The lowest BCUT2D eigenvalue weighted by Crippen LogP contribution is -2.28. The van der Waals surface area contributed by atoms with Crippen molar-refractivity contribution >= 4 is 23.3 Å². The van der Waals surface area contributed by atoms with E-state index in [0.29, 0.717) is 30.0 Å². The number of nitrogens with one attached hydrogen (secondary N) is 3. The summed E-state index contributed by atoms with van der Waals surface area (Å²) < 4.78 is 1.82. The highest BCUT2D eigenvalue weighted by atomic mass is 16.2. The molecule has 7 heteroatoms. The predicted octanol–water partition coefficient (Wildman–Crippen LogP) is 3.49. The van der Waals surface area contributed by atoms with E-state index in [2.05, 4.69) is 27.6 Å². The van der Waals surface area contributed by atoms with Gasteiger partial charge in [-0.15, -0.1) is 6.58 Å². The third-order valence-electron chi connectivity index (χ3n) is 3.93. The molecule has 0 saturated heterocycles. The number of benzene rings is 2. The predicted molar refractivity (Wildman–Crippen MR) is 109 cm³/mol. The fourth-order valence-corrected chi connectivity index (χ4v) is 2.52. The number of carbonyl (C=O) groups excluding carboxylic acids is 2. The molecule has 1 aromatic heterocycles. The number of hydrogen-bond donors (Lipinski definition) is 3. The van der Waals surface area contributed by atoms with Crippen LogP contribution in [0.5, 0.6) is 0 Å². The zero-order valence-corrected chi connectivity index (χ0v) is 15.3. The lowest BCUT2D eigenvalue weighted by Gasteiger charge is -2.09. The lowest BCUT2D eigenvalue weighted by atomic mass is 10.1. The monoisotopic (exact) mass is 375 g/mol. The smallest absolute Gasteiger partial charge is 0.319 e. The van der Waals surface area contributed by atoms with Crippen LogP contribution in [0, 0.1) is 0 Å². The fraction of sp³-hybridized carbons (Fsp3) is 0.0952. The second-order valence-electron chi connectivity index (χ2n) is 6.06. The number of anilines is 2. The molecule has 0 bridgehead atoms. The standard InChI is InChI=1S/C21H21N5O2/c1-2-12-22-21(28)25-19-10-8-18(9-11-19)24-20(27)17-6-4-16(5-7-17)15-26-14-3-13-23-26/h2-11,13-14H,1,12,15H2,(H,24,27)(H2,22,25,28). The molecule has 3 N–H and O–H groups in total. The van der Waals surface area contributed by atoms with Gasteiger partial charge in [0.15, 0.2) is 0 Å². The van der Waals surface area contributed by atoms with Gasteiger partial charge in [-0.05, 0) is 48.0 Å². The van der Waals surface area contributed by atoms with E-state index in [4.69, 9.17) is 0 Å². The van der Waals surface area contributed by atoms with E-state index in [1.807, 2.05) is 29.1 Å². The molecule has 0 atom stereocenters. The summed E-state index contributed by atoms with van der Waals surface area (Å²) in [5, 5.41) is 12.3. The Morgan fingerprint density at radius 1 is 1.00 bits per heavy atom. The van der Waals surface area contributed by atoms with Gasteiger partial charge in [0.1, 0.15) is 0 Å². The van der Waals surface area contributed by atoms with Crippen molar-refractivity contribution in [2.75, 3.05) is 17.2 Å². The summed E-state index contributed by atoms with van der Waals surface area (Å²) in [6.07, 6.45) is 5.22. The highest BCUT2D eigenvalue weighted by Crippen LogP contribution is 2.15. The summed E-state index contributed by atoms with van der Waals surface area (Å²) in [5.41, 5.74) is 2.89. The van der Waals surface area contributed by atoms with Gasteiger partial charge in [-0.1, -0.05) is 18.2 Å². The van der Waals surface area contributed by atoms with Crippen LogP contribution in [-0.2, 0) is 6.54 Å². The molecule has 0 aliphatic carbocycles. The van der Waals surface area contributed by atoms with Crippen molar-refractivity contribution in [2.24, 2.45) is 0 Å². The first-order valence-electron chi connectivity index (χ1n) is 8.77. The molecule has 0 saturated carbocycles. The molecule has 28 heavy (non-hydrogen) atoms. The van der Waals surface area contributed by atoms with Gasteiger partial charge in [-0.2, -0.15) is 5.10 Å². The molecule has 0 radical (unpaired) electrons. The first kappa shape index (κ1) is 18.9. The highest BCUT2D eigenvalue weighted by molar-refractivity contribution is 6.04. The summed E-state index contributed by atoms with van der Waals surface area (Å²) in [7, 11) is 0. The molecule has 2 aromatic carbocycles. The van der Waals surface area contributed by atoms with E-state index >= 15 is 0 Å². The van der Waals surface area contributed by atoms with E-state index in [1.165, 1.54) is 0 Å². The van der Waals surface area contributed by atoms with Gasteiger partial charge in [0.2, 0.25) is 0 Å². The number of hydrogen-bond acceptors (Lipinski definition) is 3. The minimum atomic E-state index is -0.313. The maximum atomic E-state index is 12.4. The van der Waals surface area contributed by atoms with Gasteiger partial charge >= 0.3 is 6.03 Å². The van der Waals surface area contributed by atoms with Crippen molar-refractivity contribution in [3.63, 3.8) is 0 Å². The molecule has 0 unspecified atom stereocenters. The van der Waals surface area contributed by atoms with Gasteiger partial charge in [0.25, 0.3) is 5.91 Å². The van der Waals surface area contributed by atoms with Crippen molar-refractivity contribution < 1.29 is 9.59 Å². The third kappa shape index (κ3) is 5.31. The van der Waals surface area contributed by atoms with Crippen LogP contribution in [0.3, 0.4) is 0 Å². The average molecular weight is 375 g/mol. The van der Waals surface area contributed by atoms with Crippen molar-refractivity contribution in [2.45, 2.75) is 6.54 Å². The quantitative estimate of drug-likeness (QED) is 0.552. The topological polar surface area (TPSA) is 88.0 Å². The minimum absolute atomic E-state index is 0.199. The van der Waals surface area contributed by atoms with Crippen molar-refractivity contribution in [1.29, 1.82) is 0 Å². The molecule has 3 amide bonds. The highest BCUT2D eigenvalue weighted by Gasteiger charge is 2.07. The normalized spacial score (nSPS) is 10.1. The average Bonchev–Trinajstić information content (AvgIpc) is 3.21. The molecule has 7 nitrogen and oxygen atoms in total. The molecule has 3 aromatic rings. The Bertz CT molecular complexity index is 932. The van der Waals surface area contributed by atoms with Gasteiger partial charge in [-0.3, -0.25) is 9.48 Å². The van der Waals surface area contributed by atoms with Crippen LogP contribution in [0.15, 0.2) is 79.6 Å². The van der Waals surface area contributed by atoms with Crippen molar-refractivity contribution in [3.8, 4) is 0 Å². The van der Waals surface area contributed by atoms with E-state index < -0.39 is 0 Å². The Kier molecular flexibility index (Phi) is 6.20. The van der Waals surface area contributed by atoms with Gasteiger partial charge in [0, 0.05) is 35.9 Å². The Labute approximate surface area is 163 Å². The SMILES string of the molecule is C=CCNC(=O)Nc1ccc(NC(=O)c2ccc(Cn3cccn3)cc2)cc1. The third-order valence-corrected chi connectivity index (χ3v) is 3.93. The van der Waals surface area contributed by atoms with Gasteiger partial charge in [-0.25, -0.2) is 4.79 Å². The maximum absolute atomic E-state index is 12.4. The van der Waals surface area contributed by atoms with Gasteiger partial charge in [0.05, 0.1) is 6.54 Å². The second kappa shape index (κ2) is 9.18. The molecular formula is C21H21N5O2. The van der Waals surface area contributed by atoms with Crippen LogP contribution in [0.4, 0.5) is 16.2 Å². The lowest BCUT2D eigenvalue weighted by molar-refractivity contribution is 0.102. The van der Waals surface area contributed by atoms with Crippen LogP contribution < -0.4 is 16.0 Å². The number of carbonyl (C=O) groups is 2. The van der Waals surface area contributed by atoms with Crippen LogP contribution in [-0.4, -0.2) is 28.3 Å². The number of nitrogens with zero attached hydrogens (tertiary/aromatic N) is 2. The zero-order valence-electron chi connectivity index (χ0n) is 15.3. The molecule has 142 valence electrons. The van der Waals surface area contributed by atoms with E-state index in [-0.39, 0.29) is 11.9 Å². The number of aromatic nitrogens is 2. The van der Waals surface area contributed by atoms with Crippen molar-refractivity contribution in [1.82, 2.24) is 15.1 Å². The number of amides is 3. The van der Waals surface area contributed by atoms with Crippen LogP contribution in [0.1, 0.15) is 15.9 Å². The van der Waals surface area contributed by atoms with Crippen LogP contribution in [0.25, 0.3) is 0 Å². The maximum Gasteiger partial charge on any atom is 0.319 e.